The number of carbonyl (C=O) groups is 1. The van der Waals surface area contributed by atoms with Gasteiger partial charge in [-0.25, -0.2) is 8.42 Å². The van der Waals surface area contributed by atoms with E-state index >= 15 is 0 Å². The molecule has 2 heterocycles. The second-order valence-electron chi connectivity index (χ2n) is 8.51. The predicted molar refractivity (Wildman–Crippen MR) is 117 cm³/mol. The van der Waals surface area contributed by atoms with Gasteiger partial charge in [-0.2, -0.15) is 0 Å². The van der Waals surface area contributed by atoms with Gasteiger partial charge in [-0.3, -0.25) is 9.69 Å². The Morgan fingerprint density at radius 1 is 1.06 bits per heavy atom. The summed E-state index contributed by atoms with van der Waals surface area (Å²) >= 11 is 0. The Kier molecular flexibility index (Phi) is 6.67. The summed E-state index contributed by atoms with van der Waals surface area (Å²) in [6.07, 6.45) is -2.73. The van der Waals surface area contributed by atoms with Gasteiger partial charge < -0.3 is 9.64 Å². The van der Waals surface area contributed by atoms with Gasteiger partial charge in [0, 0.05) is 31.7 Å². The van der Waals surface area contributed by atoms with Crippen LogP contribution in [0.3, 0.4) is 0 Å². The Morgan fingerprint density at radius 3 is 2.48 bits per heavy atom. The number of ether oxygens (including phenoxy) is 1. The molecule has 2 fully saturated rings. The molecule has 2 saturated heterocycles. The van der Waals surface area contributed by atoms with Gasteiger partial charge in [-0.1, -0.05) is 18.2 Å². The first-order valence-corrected chi connectivity index (χ1v) is 12.4. The number of halogens is 3. The molecule has 0 aliphatic carbocycles. The fraction of sp³-hybridized carbons (Fsp3) is 0.435. The van der Waals surface area contributed by atoms with Crippen molar-refractivity contribution in [3.8, 4) is 5.75 Å². The van der Waals surface area contributed by atoms with Crippen molar-refractivity contribution in [1.82, 2.24) is 4.90 Å². The van der Waals surface area contributed by atoms with Crippen molar-refractivity contribution in [2.75, 3.05) is 30.3 Å². The highest BCUT2D eigenvalue weighted by atomic mass is 32.2. The SMILES string of the molecule is O=C1CCCN1c1ccc(CN2CC[C@@H](CS(=O)(=O)c3cccc(OC(F)(F)F)c3)C2)cc1. The lowest BCUT2D eigenvalue weighted by molar-refractivity contribution is -0.274. The summed E-state index contributed by atoms with van der Waals surface area (Å²) in [5, 5.41) is 0. The number of anilines is 1. The van der Waals surface area contributed by atoms with Crippen LogP contribution in [0.15, 0.2) is 53.4 Å². The van der Waals surface area contributed by atoms with E-state index in [1.807, 2.05) is 24.3 Å². The largest absolute Gasteiger partial charge is 0.573 e. The lowest BCUT2D eigenvalue weighted by Gasteiger charge is -2.19. The fourth-order valence-electron chi connectivity index (χ4n) is 4.42. The number of likely N-dealkylation sites (tertiary alicyclic amines) is 1. The van der Waals surface area contributed by atoms with Gasteiger partial charge in [0.15, 0.2) is 9.84 Å². The normalized spacial score (nSPS) is 19.9. The summed E-state index contributed by atoms with van der Waals surface area (Å²) in [6, 6.07) is 12.4. The molecule has 0 radical (unpaired) electrons. The van der Waals surface area contributed by atoms with E-state index in [4.69, 9.17) is 0 Å². The van der Waals surface area contributed by atoms with E-state index in [2.05, 4.69) is 9.64 Å². The number of nitrogens with zero attached hydrogens (tertiary/aromatic N) is 2. The zero-order valence-electron chi connectivity index (χ0n) is 17.9. The minimum Gasteiger partial charge on any atom is -0.406 e. The molecule has 0 aromatic heterocycles. The van der Waals surface area contributed by atoms with Gasteiger partial charge in [0.2, 0.25) is 5.91 Å². The molecule has 6 nitrogen and oxygen atoms in total. The third kappa shape index (κ3) is 6.05. The number of alkyl halides is 3. The molecular weight excluding hydrogens is 457 g/mol. The highest BCUT2D eigenvalue weighted by Crippen LogP contribution is 2.28. The summed E-state index contributed by atoms with van der Waals surface area (Å²) in [6.45, 7) is 2.74. The number of carbonyl (C=O) groups excluding carboxylic acids is 1. The summed E-state index contributed by atoms with van der Waals surface area (Å²) in [7, 11) is -3.75. The molecular formula is C23H25F3N2O4S. The maximum Gasteiger partial charge on any atom is 0.573 e. The Morgan fingerprint density at radius 2 is 1.82 bits per heavy atom. The van der Waals surface area contributed by atoms with Gasteiger partial charge in [0.05, 0.1) is 10.6 Å². The first-order chi connectivity index (χ1) is 15.6. The zero-order valence-corrected chi connectivity index (χ0v) is 18.7. The van der Waals surface area contributed by atoms with Crippen LogP contribution in [0.1, 0.15) is 24.8 Å². The molecule has 4 rings (SSSR count). The molecule has 0 N–H and O–H groups in total. The van der Waals surface area contributed by atoms with Crippen molar-refractivity contribution in [1.29, 1.82) is 0 Å². The fourth-order valence-corrected chi connectivity index (χ4v) is 6.09. The Labute approximate surface area is 190 Å². The molecule has 178 valence electrons. The third-order valence-electron chi connectivity index (χ3n) is 5.95. The van der Waals surface area contributed by atoms with E-state index in [1.54, 1.807) is 4.90 Å². The maximum atomic E-state index is 12.8. The monoisotopic (exact) mass is 482 g/mol. The molecule has 0 bridgehead atoms. The van der Waals surface area contributed by atoms with Crippen molar-refractivity contribution in [3.63, 3.8) is 0 Å². The van der Waals surface area contributed by atoms with Crippen LogP contribution in [-0.2, 0) is 21.2 Å². The highest BCUT2D eigenvalue weighted by molar-refractivity contribution is 7.91. The number of benzene rings is 2. The molecule has 0 saturated carbocycles. The van der Waals surface area contributed by atoms with Gasteiger partial charge in [0.1, 0.15) is 5.75 Å². The van der Waals surface area contributed by atoms with E-state index < -0.39 is 21.9 Å². The lowest BCUT2D eigenvalue weighted by Crippen LogP contribution is -2.24. The van der Waals surface area contributed by atoms with Crippen LogP contribution in [0.4, 0.5) is 18.9 Å². The molecule has 0 unspecified atom stereocenters. The summed E-state index contributed by atoms with van der Waals surface area (Å²) in [5.41, 5.74) is 1.97. The predicted octanol–water partition coefficient (Wildman–Crippen LogP) is 4.01. The summed E-state index contributed by atoms with van der Waals surface area (Å²) in [5.74, 6) is -0.643. The van der Waals surface area contributed by atoms with Crippen LogP contribution in [0, 0.1) is 5.92 Å². The molecule has 1 atom stereocenters. The molecule has 0 spiro atoms. The molecule has 2 aliphatic heterocycles. The smallest absolute Gasteiger partial charge is 0.406 e. The number of sulfone groups is 1. The van der Waals surface area contributed by atoms with E-state index in [0.717, 1.165) is 42.9 Å². The zero-order chi connectivity index (χ0) is 23.6. The van der Waals surface area contributed by atoms with E-state index in [1.165, 1.54) is 12.1 Å². The molecule has 1 amide bonds. The second kappa shape index (κ2) is 9.34. The topological polar surface area (TPSA) is 66.9 Å². The van der Waals surface area contributed by atoms with Crippen LogP contribution < -0.4 is 9.64 Å². The van der Waals surface area contributed by atoms with Crippen molar-refractivity contribution in [2.45, 2.75) is 37.1 Å². The van der Waals surface area contributed by atoms with Gasteiger partial charge in [0.25, 0.3) is 0 Å². The molecule has 10 heteroatoms. The van der Waals surface area contributed by atoms with Crippen LogP contribution in [0.2, 0.25) is 0 Å². The van der Waals surface area contributed by atoms with Gasteiger partial charge in [-0.15, -0.1) is 13.2 Å². The average Bonchev–Trinajstić information content (AvgIpc) is 3.36. The van der Waals surface area contributed by atoms with Crippen LogP contribution >= 0.6 is 0 Å². The summed E-state index contributed by atoms with van der Waals surface area (Å²) < 4.78 is 66.7. The van der Waals surface area contributed by atoms with Crippen molar-refractivity contribution in [3.05, 3.63) is 54.1 Å². The molecule has 33 heavy (non-hydrogen) atoms. The van der Waals surface area contributed by atoms with Crippen LogP contribution in [0.5, 0.6) is 5.75 Å². The highest BCUT2D eigenvalue weighted by Gasteiger charge is 2.32. The lowest BCUT2D eigenvalue weighted by atomic mass is 10.1. The maximum absolute atomic E-state index is 12.8. The Bertz CT molecular complexity index is 1100. The standard InChI is InChI=1S/C23H25F3N2O4S/c24-23(25,26)32-20-3-1-4-21(13-20)33(30,31)16-18-10-12-27(15-18)14-17-6-8-19(9-7-17)28-11-2-5-22(28)29/h1,3-4,6-9,13,18H,2,5,10-12,14-16H2/t18-/m1/s1. The van der Waals surface area contributed by atoms with Gasteiger partial charge >= 0.3 is 6.36 Å². The summed E-state index contributed by atoms with van der Waals surface area (Å²) in [4.78, 5) is 15.7. The Balaban J connectivity index is 1.33. The third-order valence-corrected chi connectivity index (χ3v) is 7.83. The number of amides is 1. The van der Waals surface area contributed by atoms with Crippen molar-refractivity contribution in [2.24, 2.45) is 5.92 Å². The number of hydrogen-bond donors (Lipinski definition) is 0. The van der Waals surface area contributed by atoms with E-state index in [-0.39, 0.29) is 22.5 Å². The second-order valence-corrected chi connectivity index (χ2v) is 10.5. The van der Waals surface area contributed by atoms with Gasteiger partial charge in [-0.05, 0) is 61.2 Å². The number of rotatable bonds is 7. The van der Waals surface area contributed by atoms with E-state index in [9.17, 15) is 26.4 Å². The number of hydrogen-bond acceptors (Lipinski definition) is 5. The van der Waals surface area contributed by atoms with Crippen LogP contribution in [0.25, 0.3) is 0 Å². The quantitative estimate of drug-likeness (QED) is 0.597. The molecule has 2 aliphatic rings. The minimum absolute atomic E-state index is 0.108. The molecule has 2 aromatic rings. The Hall–Kier alpha value is -2.59. The molecule has 2 aromatic carbocycles. The first-order valence-electron chi connectivity index (χ1n) is 10.8. The van der Waals surface area contributed by atoms with Crippen LogP contribution in [-0.4, -0.2) is 51.0 Å². The van der Waals surface area contributed by atoms with E-state index in [0.29, 0.717) is 25.9 Å². The first kappa shape index (κ1) is 23.6. The van der Waals surface area contributed by atoms with Crippen molar-refractivity contribution >= 4 is 21.4 Å². The average molecular weight is 483 g/mol. The minimum atomic E-state index is -4.88. The van der Waals surface area contributed by atoms with Crippen molar-refractivity contribution < 1.29 is 31.1 Å².